The fraction of sp³-hybridized carbons (Fsp3) is 0.458. The number of carbonyl (C=O) groups excluding carboxylic acids is 1. The highest BCUT2D eigenvalue weighted by Crippen LogP contribution is 2.24. The van der Waals surface area contributed by atoms with Crippen LogP contribution in [0.1, 0.15) is 37.0 Å². The summed E-state index contributed by atoms with van der Waals surface area (Å²) in [6.45, 7) is 7.63. The average molecular weight is 410 g/mol. The maximum absolute atomic E-state index is 12.6. The Morgan fingerprint density at radius 1 is 0.900 bits per heavy atom. The first kappa shape index (κ1) is 20.7. The van der Waals surface area contributed by atoms with Gasteiger partial charge in [-0.15, -0.1) is 0 Å². The molecule has 2 N–H and O–H groups in total. The second-order valence-corrected chi connectivity index (χ2v) is 8.43. The first-order valence-corrected chi connectivity index (χ1v) is 10.8. The van der Waals surface area contributed by atoms with Gasteiger partial charge in [-0.25, -0.2) is 0 Å². The van der Waals surface area contributed by atoms with Crippen molar-refractivity contribution in [3.05, 3.63) is 54.1 Å². The van der Waals surface area contributed by atoms with Crippen LogP contribution in [0, 0.1) is 0 Å². The molecule has 30 heavy (non-hydrogen) atoms. The summed E-state index contributed by atoms with van der Waals surface area (Å²) >= 11 is 0. The number of piperidine rings is 1. The van der Waals surface area contributed by atoms with E-state index in [0.717, 1.165) is 56.1 Å². The van der Waals surface area contributed by atoms with Crippen LogP contribution in [0.2, 0.25) is 0 Å². The normalized spacial score (nSPS) is 22.8. The summed E-state index contributed by atoms with van der Waals surface area (Å²) in [6.07, 6.45) is 1.83. The van der Waals surface area contributed by atoms with Crippen LogP contribution < -0.4 is 15.1 Å². The lowest BCUT2D eigenvalue weighted by Gasteiger charge is -2.36. The van der Waals surface area contributed by atoms with Crippen LogP contribution in [0.3, 0.4) is 0 Å². The number of carbonyl (C=O) groups is 1. The van der Waals surface area contributed by atoms with Gasteiger partial charge in [0.15, 0.2) is 0 Å². The smallest absolute Gasteiger partial charge is 0.255 e. The Morgan fingerprint density at radius 3 is 2.03 bits per heavy atom. The van der Waals surface area contributed by atoms with Gasteiger partial charge in [-0.2, -0.15) is 0 Å². The Morgan fingerprint density at radius 2 is 1.43 bits per heavy atom. The van der Waals surface area contributed by atoms with Crippen molar-refractivity contribution in [3.63, 3.8) is 0 Å². The molecule has 0 spiro atoms. The van der Waals surface area contributed by atoms with E-state index in [-0.39, 0.29) is 24.2 Å². The lowest BCUT2D eigenvalue weighted by atomic mass is 10.1. The highest BCUT2D eigenvalue weighted by molar-refractivity contribution is 6.04. The van der Waals surface area contributed by atoms with Gasteiger partial charge in [0.05, 0.1) is 18.3 Å². The fourth-order valence-electron chi connectivity index (χ4n) is 4.30. The molecule has 6 heteroatoms. The van der Waals surface area contributed by atoms with E-state index in [0.29, 0.717) is 5.56 Å². The van der Waals surface area contributed by atoms with Gasteiger partial charge >= 0.3 is 0 Å². The third kappa shape index (κ3) is 4.94. The van der Waals surface area contributed by atoms with Crippen LogP contribution in [-0.4, -0.2) is 55.5 Å². The van der Waals surface area contributed by atoms with Crippen molar-refractivity contribution >= 4 is 23.0 Å². The van der Waals surface area contributed by atoms with E-state index in [9.17, 15) is 9.90 Å². The van der Waals surface area contributed by atoms with Gasteiger partial charge in [-0.05, 0) is 75.2 Å². The molecule has 2 aliphatic rings. The zero-order valence-corrected chi connectivity index (χ0v) is 17.8. The van der Waals surface area contributed by atoms with E-state index in [1.807, 2.05) is 48.5 Å². The third-order valence-corrected chi connectivity index (χ3v) is 5.87. The molecular weight excluding hydrogens is 378 g/mol. The van der Waals surface area contributed by atoms with Gasteiger partial charge in [0.25, 0.3) is 5.91 Å². The summed E-state index contributed by atoms with van der Waals surface area (Å²) in [5, 5.41) is 12.6. The summed E-state index contributed by atoms with van der Waals surface area (Å²) in [5.74, 6) is -0.114. The van der Waals surface area contributed by atoms with E-state index in [1.165, 1.54) is 0 Å². The van der Waals surface area contributed by atoms with Gasteiger partial charge in [0.1, 0.15) is 0 Å². The minimum absolute atomic E-state index is 0.114. The topological polar surface area (TPSA) is 65.0 Å². The largest absolute Gasteiger partial charge is 0.393 e. The molecule has 0 radical (unpaired) electrons. The highest BCUT2D eigenvalue weighted by atomic mass is 16.5. The second-order valence-electron chi connectivity index (χ2n) is 8.43. The van der Waals surface area contributed by atoms with Gasteiger partial charge in [-0.3, -0.25) is 4.79 Å². The molecule has 0 bridgehead atoms. The number of benzene rings is 2. The van der Waals surface area contributed by atoms with Crippen LogP contribution in [0.5, 0.6) is 0 Å². The molecule has 0 aliphatic carbocycles. The quantitative estimate of drug-likeness (QED) is 0.809. The monoisotopic (exact) mass is 409 g/mol. The molecule has 160 valence electrons. The van der Waals surface area contributed by atoms with Crippen molar-refractivity contribution in [2.24, 2.45) is 0 Å². The standard InChI is InChI=1S/C24H31N3O3/c1-17-15-27(16-18(2)30-17)22-9-5-20(6-10-22)25-24(29)19-3-7-21(8-4-19)26-13-11-23(28)12-14-26/h3-10,17-18,23,28H,11-16H2,1-2H3,(H,25,29). The maximum Gasteiger partial charge on any atom is 0.255 e. The van der Waals surface area contributed by atoms with E-state index in [1.54, 1.807) is 0 Å². The zero-order valence-electron chi connectivity index (χ0n) is 17.8. The number of hydrogen-bond acceptors (Lipinski definition) is 5. The summed E-state index contributed by atoms with van der Waals surface area (Å²) < 4.78 is 5.80. The Kier molecular flexibility index (Phi) is 6.25. The minimum Gasteiger partial charge on any atom is -0.393 e. The minimum atomic E-state index is -0.187. The number of nitrogens with one attached hydrogen (secondary N) is 1. The number of nitrogens with zero attached hydrogens (tertiary/aromatic N) is 2. The van der Waals surface area contributed by atoms with Crippen molar-refractivity contribution in [1.82, 2.24) is 0 Å². The van der Waals surface area contributed by atoms with E-state index in [2.05, 4.69) is 29.0 Å². The maximum atomic E-state index is 12.6. The molecule has 2 aliphatic heterocycles. The molecule has 0 saturated carbocycles. The van der Waals surface area contributed by atoms with Crippen LogP contribution in [0.25, 0.3) is 0 Å². The molecule has 2 unspecified atom stereocenters. The number of aliphatic hydroxyl groups excluding tert-OH is 1. The zero-order chi connectivity index (χ0) is 21.1. The van der Waals surface area contributed by atoms with Gasteiger partial charge in [-0.1, -0.05) is 0 Å². The fourth-order valence-corrected chi connectivity index (χ4v) is 4.30. The van der Waals surface area contributed by atoms with E-state index < -0.39 is 0 Å². The first-order chi connectivity index (χ1) is 14.5. The summed E-state index contributed by atoms with van der Waals surface area (Å²) in [7, 11) is 0. The van der Waals surface area contributed by atoms with Crippen LogP contribution in [0.4, 0.5) is 17.1 Å². The summed E-state index contributed by atoms with van der Waals surface area (Å²) in [6, 6.07) is 15.7. The van der Waals surface area contributed by atoms with Gasteiger partial charge in [0.2, 0.25) is 0 Å². The van der Waals surface area contributed by atoms with Crippen molar-refractivity contribution in [1.29, 1.82) is 0 Å². The molecule has 2 aromatic carbocycles. The molecule has 1 amide bonds. The lowest BCUT2D eigenvalue weighted by molar-refractivity contribution is -0.00521. The SMILES string of the molecule is CC1CN(c2ccc(NC(=O)c3ccc(N4CCC(O)CC4)cc3)cc2)CC(C)O1. The Balaban J connectivity index is 1.35. The van der Waals surface area contributed by atoms with Crippen LogP contribution in [0.15, 0.2) is 48.5 Å². The van der Waals surface area contributed by atoms with Crippen molar-refractivity contribution in [2.75, 3.05) is 41.3 Å². The predicted molar refractivity (Wildman–Crippen MR) is 121 cm³/mol. The molecule has 0 aromatic heterocycles. The van der Waals surface area contributed by atoms with E-state index >= 15 is 0 Å². The molecule has 2 heterocycles. The summed E-state index contributed by atoms with van der Waals surface area (Å²) in [5.41, 5.74) is 3.66. The third-order valence-electron chi connectivity index (χ3n) is 5.87. The molecule has 2 atom stereocenters. The molecule has 2 aromatic rings. The van der Waals surface area contributed by atoms with Crippen molar-refractivity contribution in [2.45, 2.75) is 45.0 Å². The van der Waals surface area contributed by atoms with Crippen molar-refractivity contribution in [3.8, 4) is 0 Å². The average Bonchev–Trinajstić information content (AvgIpc) is 2.74. The molecule has 2 fully saturated rings. The summed E-state index contributed by atoms with van der Waals surface area (Å²) in [4.78, 5) is 17.2. The number of aliphatic hydroxyl groups is 1. The number of hydrogen-bond donors (Lipinski definition) is 2. The molecule has 6 nitrogen and oxygen atoms in total. The highest BCUT2D eigenvalue weighted by Gasteiger charge is 2.22. The first-order valence-electron chi connectivity index (χ1n) is 10.8. The van der Waals surface area contributed by atoms with Crippen molar-refractivity contribution < 1.29 is 14.6 Å². The Hall–Kier alpha value is -2.57. The van der Waals surface area contributed by atoms with E-state index in [4.69, 9.17) is 4.74 Å². The lowest BCUT2D eigenvalue weighted by Crippen LogP contribution is -2.45. The van der Waals surface area contributed by atoms with Gasteiger partial charge < -0.3 is 25.0 Å². The van der Waals surface area contributed by atoms with Crippen LogP contribution >= 0.6 is 0 Å². The Bertz CT molecular complexity index is 835. The van der Waals surface area contributed by atoms with Crippen LogP contribution in [-0.2, 0) is 4.74 Å². The molecule has 2 saturated heterocycles. The number of morpholine rings is 1. The number of ether oxygens (including phenoxy) is 1. The number of amides is 1. The number of anilines is 3. The second kappa shape index (κ2) is 9.06. The number of rotatable bonds is 4. The molecule has 4 rings (SSSR count). The molecular formula is C24H31N3O3. The van der Waals surface area contributed by atoms with Gasteiger partial charge in [0, 0.05) is 48.8 Å². The Labute approximate surface area is 178 Å². The predicted octanol–water partition coefficient (Wildman–Crippen LogP) is 3.51.